The lowest BCUT2D eigenvalue weighted by molar-refractivity contribution is 0.122. The third-order valence-corrected chi connectivity index (χ3v) is 5.31. The van der Waals surface area contributed by atoms with Gasteiger partial charge in [0.25, 0.3) is 0 Å². The number of aromatic nitrogens is 2. The van der Waals surface area contributed by atoms with E-state index in [9.17, 15) is 0 Å². The van der Waals surface area contributed by atoms with Gasteiger partial charge in [0.05, 0.1) is 28.8 Å². The van der Waals surface area contributed by atoms with Gasteiger partial charge in [-0.1, -0.05) is 53.0 Å². The van der Waals surface area contributed by atoms with Crippen molar-refractivity contribution < 1.29 is 4.74 Å². The third-order valence-electron chi connectivity index (χ3n) is 4.34. The average molecular weight is 421 g/mol. The number of halogens is 3. The Balaban J connectivity index is 1.78. The van der Waals surface area contributed by atoms with Crippen LogP contribution in [0.2, 0.25) is 15.1 Å². The number of fused-ring (bicyclic) bond motifs is 1. The van der Waals surface area contributed by atoms with E-state index in [0.29, 0.717) is 34.1 Å². The van der Waals surface area contributed by atoms with Crippen LogP contribution in [0.15, 0.2) is 36.4 Å². The van der Waals surface area contributed by atoms with E-state index in [-0.39, 0.29) is 0 Å². The van der Waals surface area contributed by atoms with Gasteiger partial charge in [-0.05, 0) is 35.9 Å². The molecule has 1 aliphatic heterocycles. The molecule has 0 radical (unpaired) electrons. The van der Waals surface area contributed by atoms with Crippen molar-refractivity contribution in [3.8, 4) is 0 Å². The Bertz CT molecular complexity index is 1000. The third kappa shape index (κ3) is 4.19. The van der Waals surface area contributed by atoms with E-state index in [0.717, 1.165) is 35.4 Å². The first kappa shape index (κ1) is 18.5. The normalized spacial score (nSPS) is 15.0. The largest absolute Gasteiger partial charge is 0.378 e. The van der Waals surface area contributed by atoms with Gasteiger partial charge in [-0.25, -0.2) is 9.97 Å². The SMILES string of the molecule is Clc1ccc(/C=C/c2nc(N3CCOCC3)c3cc(Cl)c(Cl)cc3n2)cc1. The molecule has 0 unspecified atom stereocenters. The summed E-state index contributed by atoms with van der Waals surface area (Å²) in [5.41, 5.74) is 1.78. The first-order chi connectivity index (χ1) is 13.1. The van der Waals surface area contributed by atoms with Gasteiger partial charge < -0.3 is 9.64 Å². The van der Waals surface area contributed by atoms with E-state index in [1.807, 2.05) is 42.5 Å². The number of hydrogen-bond acceptors (Lipinski definition) is 4. The first-order valence-electron chi connectivity index (χ1n) is 8.53. The highest BCUT2D eigenvalue weighted by atomic mass is 35.5. The van der Waals surface area contributed by atoms with Gasteiger partial charge in [-0.15, -0.1) is 0 Å². The zero-order valence-electron chi connectivity index (χ0n) is 14.3. The molecule has 0 bridgehead atoms. The monoisotopic (exact) mass is 419 g/mol. The molecule has 7 heteroatoms. The lowest BCUT2D eigenvalue weighted by Crippen LogP contribution is -2.37. The Morgan fingerprint density at radius 1 is 0.889 bits per heavy atom. The van der Waals surface area contributed by atoms with Gasteiger partial charge in [0.15, 0.2) is 5.82 Å². The van der Waals surface area contributed by atoms with Crippen LogP contribution in [0.25, 0.3) is 23.1 Å². The summed E-state index contributed by atoms with van der Waals surface area (Å²) >= 11 is 18.4. The summed E-state index contributed by atoms with van der Waals surface area (Å²) in [4.78, 5) is 11.6. The van der Waals surface area contributed by atoms with Crippen LogP contribution in [0.5, 0.6) is 0 Å². The molecule has 1 aromatic heterocycles. The molecular formula is C20H16Cl3N3O. The van der Waals surface area contributed by atoms with Crippen LogP contribution >= 0.6 is 34.8 Å². The number of morpholine rings is 1. The fraction of sp³-hybridized carbons (Fsp3) is 0.200. The van der Waals surface area contributed by atoms with Gasteiger partial charge in [0.1, 0.15) is 5.82 Å². The van der Waals surface area contributed by atoms with E-state index in [4.69, 9.17) is 44.5 Å². The predicted molar refractivity (Wildman–Crippen MR) is 113 cm³/mol. The second-order valence-corrected chi connectivity index (χ2v) is 7.42. The maximum absolute atomic E-state index is 6.24. The first-order valence-corrected chi connectivity index (χ1v) is 9.67. The number of hydrogen-bond donors (Lipinski definition) is 0. The fourth-order valence-corrected chi connectivity index (χ4v) is 3.41. The Labute approximate surface area is 172 Å². The minimum Gasteiger partial charge on any atom is -0.378 e. The van der Waals surface area contributed by atoms with E-state index in [1.165, 1.54) is 0 Å². The minimum atomic E-state index is 0.475. The summed E-state index contributed by atoms with van der Waals surface area (Å²) in [7, 11) is 0. The van der Waals surface area contributed by atoms with Crippen molar-refractivity contribution >= 4 is 63.7 Å². The fourth-order valence-electron chi connectivity index (χ4n) is 2.96. The number of rotatable bonds is 3. The summed E-state index contributed by atoms with van der Waals surface area (Å²) in [6, 6.07) is 11.2. The smallest absolute Gasteiger partial charge is 0.154 e. The molecule has 1 aliphatic rings. The molecule has 138 valence electrons. The highest BCUT2D eigenvalue weighted by molar-refractivity contribution is 6.42. The summed E-state index contributed by atoms with van der Waals surface area (Å²) in [5, 5.41) is 2.56. The standard InChI is InChI=1S/C20H16Cl3N3O/c21-14-4-1-13(2-5-14)3-6-19-24-18-12-17(23)16(22)11-15(18)20(25-19)26-7-9-27-10-8-26/h1-6,11-12H,7-10H2/b6-3+. The Morgan fingerprint density at radius 2 is 1.59 bits per heavy atom. The quantitative estimate of drug-likeness (QED) is 0.553. The van der Waals surface area contributed by atoms with Crippen molar-refractivity contribution in [1.82, 2.24) is 9.97 Å². The zero-order valence-corrected chi connectivity index (χ0v) is 16.6. The van der Waals surface area contributed by atoms with Gasteiger partial charge in [-0.2, -0.15) is 0 Å². The van der Waals surface area contributed by atoms with Crippen LogP contribution in [0.4, 0.5) is 5.82 Å². The molecule has 27 heavy (non-hydrogen) atoms. The van der Waals surface area contributed by atoms with Crippen molar-refractivity contribution in [1.29, 1.82) is 0 Å². The Kier molecular flexibility index (Phi) is 5.50. The second-order valence-electron chi connectivity index (χ2n) is 6.17. The summed E-state index contributed by atoms with van der Waals surface area (Å²) in [6.07, 6.45) is 3.84. The molecule has 0 atom stereocenters. The molecule has 1 saturated heterocycles. The second kappa shape index (κ2) is 8.03. The maximum atomic E-state index is 6.24. The molecule has 0 saturated carbocycles. The molecule has 2 aromatic carbocycles. The van der Waals surface area contributed by atoms with E-state index < -0.39 is 0 Å². The van der Waals surface area contributed by atoms with Crippen LogP contribution in [-0.4, -0.2) is 36.3 Å². The van der Waals surface area contributed by atoms with Crippen molar-refractivity contribution in [3.05, 3.63) is 62.9 Å². The molecule has 2 heterocycles. The molecule has 0 spiro atoms. The van der Waals surface area contributed by atoms with Gasteiger partial charge in [0.2, 0.25) is 0 Å². The molecule has 0 amide bonds. The van der Waals surface area contributed by atoms with Gasteiger partial charge in [-0.3, -0.25) is 0 Å². The number of ether oxygens (including phenoxy) is 1. The number of anilines is 1. The van der Waals surface area contributed by atoms with E-state index >= 15 is 0 Å². The average Bonchev–Trinajstić information content (AvgIpc) is 2.69. The Hall–Kier alpha value is -1.85. The highest BCUT2D eigenvalue weighted by Crippen LogP contribution is 2.32. The van der Waals surface area contributed by atoms with Crippen LogP contribution in [0.1, 0.15) is 11.4 Å². The number of nitrogens with zero attached hydrogens (tertiary/aromatic N) is 3. The zero-order chi connectivity index (χ0) is 18.8. The maximum Gasteiger partial charge on any atom is 0.154 e. The molecule has 0 aliphatic carbocycles. The van der Waals surface area contributed by atoms with Crippen molar-refractivity contribution in [2.45, 2.75) is 0 Å². The van der Waals surface area contributed by atoms with Crippen molar-refractivity contribution in [2.75, 3.05) is 31.2 Å². The lowest BCUT2D eigenvalue weighted by atomic mass is 10.2. The summed E-state index contributed by atoms with van der Waals surface area (Å²) < 4.78 is 5.46. The molecule has 4 nitrogen and oxygen atoms in total. The van der Waals surface area contributed by atoms with Crippen molar-refractivity contribution in [3.63, 3.8) is 0 Å². The summed E-state index contributed by atoms with van der Waals surface area (Å²) in [5.74, 6) is 1.45. The predicted octanol–water partition coefficient (Wildman–Crippen LogP) is 5.60. The topological polar surface area (TPSA) is 38.2 Å². The van der Waals surface area contributed by atoms with E-state index in [1.54, 1.807) is 6.07 Å². The van der Waals surface area contributed by atoms with Crippen LogP contribution in [0.3, 0.4) is 0 Å². The number of benzene rings is 2. The van der Waals surface area contributed by atoms with Crippen molar-refractivity contribution in [2.24, 2.45) is 0 Å². The highest BCUT2D eigenvalue weighted by Gasteiger charge is 2.18. The summed E-state index contributed by atoms with van der Waals surface area (Å²) in [6.45, 7) is 2.88. The molecule has 1 fully saturated rings. The van der Waals surface area contributed by atoms with Crippen LogP contribution < -0.4 is 4.90 Å². The minimum absolute atomic E-state index is 0.475. The van der Waals surface area contributed by atoms with Gasteiger partial charge >= 0.3 is 0 Å². The Morgan fingerprint density at radius 3 is 2.33 bits per heavy atom. The molecule has 0 N–H and O–H groups in total. The van der Waals surface area contributed by atoms with Crippen LogP contribution in [0, 0.1) is 0 Å². The molecule has 4 rings (SSSR count). The van der Waals surface area contributed by atoms with Gasteiger partial charge in [0, 0.05) is 23.5 Å². The lowest BCUT2D eigenvalue weighted by Gasteiger charge is -2.29. The molecule has 3 aromatic rings. The van der Waals surface area contributed by atoms with Crippen LogP contribution in [-0.2, 0) is 4.74 Å². The van der Waals surface area contributed by atoms with E-state index in [2.05, 4.69) is 9.88 Å². The molecular weight excluding hydrogens is 405 g/mol.